The molecule has 0 spiro atoms. The van der Waals surface area contributed by atoms with Gasteiger partial charge in [0.1, 0.15) is 11.6 Å². The maximum atomic E-state index is 13.8. The van der Waals surface area contributed by atoms with Crippen LogP contribution in [-0.4, -0.2) is 35.1 Å². The highest BCUT2D eigenvalue weighted by atomic mass is 32.2. The predicted molar refractivity (Wildman–Crippen MR) is 139 cm³/mol. The van der Waals surface area contributed by atoms with E-state index in [2.05, 4.69) is 5.10 Å². The Morgan fingerprint density at radius 2 is 1.53 bits per heavy atom. The van der Waals surface area contributed by atoms with Crippen molar-refractivity contribution >= 4 is 16.1 Å². The number of benzene rings is 3. The average Bonchev–Trinajstić information content (AvgIpc) is 3.12. The molecule has 1 aromatic heterocycles. The van der Waals surface area contributed by atoms with E-state index in [4.69, 9.17) is 0 Å². The van der Waals surface area contributed by atoms with Gasteiger partial charge < -0.3 is 16.1 Å². The summed E-state index contributed by atoms with van der Waals surface area (Å²) in [6.07, 6.45) is -1.68. The minimum absolute atomic E-state index is 0. The van der Waals surface area contributed by atoms with E-state index in [1.54, 1.807) is 61.9 Å². The topological polar surface area (TPSA) is 132 Å². The number of carboxylic acid groups (broad SMARTS) is 1. The standard InChI is InChI=1S/C27H25F2N3O4S.H3N/c1-17-4-10-25(11-5-17)37(35,36)31(27(33)34)13-12-20-6-8-24(9-7-20)32-19(3)26(18(2)30-32)21-14-22(28)16-23(29)15-21;/h4-11,14-16H,12-13H2,1-3H3,(H,33,34);1H3. The Morgan fingerprint density at radius 3 is 2.08 bits per heavy atom. The van der Waals surface area contributed by atoms with Gasteiger partial charge in [-0.2, -0.15) is 5.10 Å². The third-order valence-electron chi connectivity index (χ3n) is 6.04. The molecule has 8 nitrogen and oxygen atoms in total. The first-order valence-electron chi connectivity index (χ1n) is 11.4. The summed E-state index contributed by atoms with van der Waals surface area (Å²) in [6, 6.07) is 16.2. The SMILES string of the molecule is Cc1ccc(S(=O)(=O)N(CCc2ccc(-n3nc(C)c(-c4cc(F)cc(F)c4)c3C)cc2)C(=O)[O-])cc1.[NH4+]. The van der Waals surface area contributed by atoms with Crippen LogP contribution in [0, 0.1) is 32.4 Å². The van der Waals surface area contributed by atoms with Crippen molar-refractivity contribution < 1.29 is 27.1 Å². The Morgan fingerprint density at radius 1 is 0.947 bits per heavy atom. The van der Waals surface area contributed by atoms with Gasteiger partial charge in [-0.05, 0) is 74.7 Å². The summed E-state index contributed by atoms with van der Waals surface area (Å²) in [7, 11) is -4.27. The summed E-state index contributed by atoms with van der Waals surface area (Å²) in [5, 5.41) is 16.2. The Labute approximate surface area is 219 Å². The molecular formula is C27H28F2N4O4S. The lowest BCUT2D eigenvalue weighted by molar-refractivity contribution is -0.259. The van der Waals surface area contributed by atoms with E-state index in [0.717, 1.165) is 11.6 Å². The van der Waals surface area contributed by atoms with Gasteiger partial charge in [-0.15, -0.1) is 0 Å². The van der Waals surface area contributed by atoms with Crippen LogP contribution in [0.4, 0.5) is 13.6 Å². The van der Waals surface area contributed by atoms with E-state index in [1.165, 1.54) is 24.3 Å². The summed E-state index contributed by atoms with van der Waals surface area (Å²) < 4.78 is 55.2. The van der Waals surface area contributed by atoms with Crippen molar-refractivity contribution in [3.8, 4) is 16.8 Å². The van der Waals surface area contributed by atoms with Crippen molar-refractivity contribution in [2.24, 2.45) is 0 Å². The van der Waals surface area contributed by atoms with Crippen LogP contribution < -0.4 is 11.3 Å². The predicted octanol–water partition coefficient (Wildman–Crippen LogP) is 4.70. The van der Waals surface area contributed by atoms with E-state index in [9.17, 15) is 27.1 Å². The number of carbonyl (C=O) groups excluding carboxylic acids is 1. The van der Waals surface area contributed by atoms with Crippen LogP contribution in [0.1, 0.15) is 22.5 Å². The summed E-state index contributed by atoms with van der Waals surface area (Å²) in [5.74, 6) is -1.36. The van der Waals surface area contributed by atoms with Gasteiger partial charge in [0.25, 0.3) is 10.0 Å². The molecule has 0 unspecified atom stereocenters. The van der Waals surface area contributed by atoms with Gasteiger partial charge in [-0.1, -0.05) is 29.8 Å². The zero-order valence-corrected chi connectivity index (χ0v) is 22.2. The number of hydrogen-bond donors (Lipinski definition) is 1. The quantitative estimate of drug-likeness (QED) is 0.362. The van der Waals surface area contributed by atoms with Crippen LogP contribution in [0.2, 0.25) is 0 Å². The number of halogens is 2. The number of aryl methyl sites for hydroxylation is 2. The minimum Gasteiger partial charge on any atom is -0.529 e. The molecule has 3 aromatic carbocycles. The van der Waals surface area contributed by atoms with Gasteiger partial charge >= 0.3 is 0 Å². The lowest BCUT2D eigenvalue weighted by Crippen LogP contribution is -2.45. The lowest BCUT2D eigenvalue weighted by Gasteiger charge is -2.24. The van der Waals surface area contributed by atoms with Gasteiger partial charge in [0, 0.05) is 23.9 Å². The molecule has 0 saturated carbocycles. The molecule has 0 radical (unpaired) electrons. The second-order valence-corrected chi connectivity index (χ2v) is 10.6. The molecule has 0 fully saturated rings. The van der Waals surface area contributed by atoms with Gasteiger partial charge in [0.2, 0.25) is 0 Å². The molecule has 0 atom stereocenters. The summed E-state index contributed by atoms with van der Waals surface area (Å²) in [6.45, 7) is 5.02. The van der Waals surface area contributed by atoms with Crippen LogP contribution >= 0.6 is 0 Å². The molecule has 0 aliphatic heterocycles. The Kier molecular flexibility index (Phi) is 8.33. The normalized spacial score (nSPS) is 11.2. The summed E-state index contributed by atoms with van der Waals surface area (Å²) in [4.78, 5) is 11.5. The first-order valence-corrected chi connectivity index (χ1v) is 12.8. The van der Waals surface area contributed by atoms with Gasteiger partial charge in [0.05, 0.1) is 16.3 Å². The third kappa shape index (κ3) is 5.74. The highest BCUT2D eigenvalue weighted by molar-refractivity contribution is 7.89. The molecule has 0 saturated heterocycles. The van der Waals surface area contributed by atoms with E-state index < -0.39 is 27.8 Å². The smallest absolute Gasteiger partial charge is 0.265 e. The zero-order chi connectivity index (χ0) is 26.9. The molecule has 200 valence electrons. The maximum Gasteiger partial charge on any atom is 0.265 e. The van der Waals surface area contributed by atoms with Crippen LogP contribution in [0.5, 0.6) is 0 Å². The minimum atomic E-state index is -4.27. The van der Waals surface area contributed by atoms with E-state index >= 15 is 0 Å². The summed E-state index contributed by atoms with van der Waals surface area (Å²) >= 11 is 0. The molecule has 11 heteroatoms. The number of hydrogen-bond acceptors (Lipinski definition) is 5. The summed E-state index contributed by atoms with van der Waals surface area (Å²) in [5.41, 5.74) is 4.50. The van der Waals surface area contributed by atoms with Crippen molar-refractivity contribution in [2.45, 2.75) is 32.1 Å². The Hall–Kier alpha value is -4.09. The van der Waals surface area contributed by atoms with Crippen molar-refractivity contribution in [1.29, 1.82) is 0 Å². The van der Waals surface area contributed by atoms with Crippen molar-refractivity contribution in [2.75, 3.05) is 6.54 Å². The maximum absolute atomic E-state index is 13.8. The lowest BCUT2D eigenvalue weighted by atomic mass is 10.0. The fourth-order valence-corrected chi connectivity index (χ4v) is 5.45. The first kappa shape index (κ1) is 28.5. The monoisotopic (exact) mass is 542 g/mol. The Balaban J connectivity index is 0.00000400. The first-order chi connectivity index (χ1) is 17.5. The van der Waals surface area contributed by atoms with E-state index in [-0.39, 0.29) is 24.0 Å². The van der Waals surface area contributed by atoms with Crippen LogP contribution in [0.15, 0.2) is 71.6 Å². The van der Waals surface area contributed by atoms with Crippen LogP contribution in [0.3, 0.4) is 0 Å². The average molecular weight is 543 g/mol. The molecule has 0 bridgehead atoms. The largest absolute Gasteiger partial charge is 0.529 e. The molecule has 1 heterocycles. The third-order valence-corrected chi connectivity index (χ3v) is 7.82. The van der Waals surface area contributed by atoms with Gasteiger partial charge in [-0.25, -0.2) is 21.9 Å². The number of carbonyl (C=O) groups is 1. The molecule has 4 N–H and O–H groups in total. The number of rotatable bonds is 7. The number of aromatic nitrogens is 2. The molecule has 1 amide bonds. The molecule has 4 aromatic rings. The van der Waals surface area contributed by atoms with E-state index in [1.807, 2.05) is 0 Å². The van der Waals surface area contributed by atoms with E-state index in [0.29, 0.717) is 38.1 Å². The number of sulfonamides is 1. The van der Waals surface area contributed by atoms with Crippen LogP contribution in [-0.2, 0) is 16.4 Å². The second kappa shape index (κ2) is 11.1. The highest BCUT2D eigenvalue weighted by Crippen LogP contribution is 2.30. The number of quaternary nitrogens is 1. The molecule has 0 aliphatic rings. The molecular weight excluding hydrogens is 514 g/mol. The van der Waals surface area contributed by atoms with Crippen molar-refractivity contribution in [1.82, 2.24) is 20.2 Å². The fraction of sp³-hybridized carbons (Fsp3) is 0.185. The number of nitrogens with zero attached hydrogens (tertiary/aromatic N) is 3. The molecule has 4 rings (SSSR count). The van der Waals surface area contributed by atoms with Gasteiger partial charge in [0.15, 0.2) is 6.09 Å². The highest BCUT2D eigenvalue weighted by Gasteiger charge is 2.24. The number of amides is 1. The molecule has 0 aliphatic carbocycles. The van der Waals surface area contributed by atoms with Crippen molar-refractivity contribution in [3.05, 3.63) is 101 Å². The Bertz CT molecular complexity index is 1550. The van der Waals surface area contributed by atoms with Crippen LogP contribution in [0.25, 0.3) is 16.8 Å². The second-order valence-electron chi connectivity index (χ2n) is 8.69. The molecule has 38 heavy (non-hydrogen) atoms. The zero-order valence-electron chi connectivity index (χ0n) is 21.4. The van der Waals surface area contributed by atoms with Gasteiger partial charge in [-0.3, -0.25) is 4.31 Å². The fourth-order valence-electron chi connectivity index (χ4n) is 4.19. The van der Waals surface area contributed by atoms with Crippen molar-refractivity contribution in [3.63, 3.8) is 0 Å².